The monoisotopic (exact) mass is 421 g/mol. The maximum atomic E-state index is 3.52. The zero-order chi connectivity index (χ0) is 22.0. The van der Waals surface area contributed by atoms with Crippen molar-refractivity contribution >= 4 is 32.9 Å². The maximum absolute atomic E-state index is 3.52. The molecule has 0 aliphatic carbocycles. The number of hydrogen-bond donors (Lipinski definition) is 1. The van der Waals surface area contributed by atoms with Crippen LogP contribution in [0.1, 0.15) is 0 Å². The van der Waals surface area contributed by atoms with Gasteiger partial charge in [-0.25, -0.2) is 0 Å². The van der Waals surface area contributed by atoms with Gasteiger partial charge in [0.1, 0.15) is 0 Å². The van der Waals surface area contributed by atoms with Gasteiger partial charge in [-0.1, -0.05) is 97.1 Å². The standard InChI is InChI=1S/C32H23N/c1-2-7-23(8-3-1)24-13-17-29(18-14-24)33-30-19-15-25(16-20-30)31-12-6-11-28-21-26-9-4-5-10-27(26)22-32(28)31/h1-22,33H. The molecule has 0 saturated carbocycles. The summed E-state index contributed by atoms with van der Waals surface area (Å²) in [6, 6.07) is 47.4. The fraction of sp³-hybridized carbons (Fsp3) is 0. The Morgan fingerprint density at radius 1 is 0.364 bits per heavy atom. The van der Waals surface area contributed by atoms with Crippen molar-refractivity contribution in [2.24, 2.45) is 0 Å². The van der Waals surface area contributed by atoms with Gasteiger partial charge in [-0.2, -0.15) is 0 Å². The third-order valence-corrected chi connectivity index (χ3v) is 6.22. The van der Waals surface area contributed by atoms with Gasteiger partial charge in [0.2, 0.25) is 0 Å². The Kier molecular flexibility index (Phi) is 4.86. The van der Waals surface area contributed by atoms with Gasteiger partial charge in [-0.3, -0.25) is 0 Å². The molecular formula is C32H23N. The Balaban J connectivity index is 1.27. The van der Waals surface area contributed by atoms with Gasteiger partial charge >= 0.3 is 0 Å². The fourth-order valence-corrected chi connectivity index (χ4v) is 4.49. The highest BCUT2D eigenvalue weighted by molar-refractivity contribution is 6.05. The summed E-state index contributed by atoms with van der Waals surface area (Å²) in [6.07, 6.45) is 0. The fourth-order valence-electron chi connectivity index (χ4n) is 4.49. The number of nitrogens with one attached hydrogen (secondary N) is 1. The molecule has 0 unspecified atom stereocenters. The average molecular weight is 422 g/mol. The molecule has 6 rings (SSSR count). The second kappa shape index (κ2) is 8.29. The molecule has 1 nitrogen and oxygen atoms in total. The lowest BCUT2D eigenvalue weighted by Gasteiger charge is -2.11. The maximum Gasteiger partial charge on any atom is 0.0384 e. The highest BCUT2D eigenvalue weighted by Crippen LogP contribution is 2.33. The summed E-state index contributed by atoms with van der Waals surface area (Å²) < 4.78 is 0. The van der Waals surface area contributed by atoms with Crippen molar-refractivity contribution < 1.29 is 0 Å². The summed E-state index contributed by atoms with van der Waals surface area (Å²) in [6.45, 7) is 0. The van der Waals surface area contributed by atoms with E-state index in [0.29, 0.717) is 0 Å². The number of anilines is 2. The van der Waals surface area contributed by atoms with E-state index in [0.717, 1.165) is 11.4 Å². The topological polar surface area (TPSA) is 12.0 Å². The zero-order valence-corrected chi connectivity index (χ0v) is 18.2. The molecule has 0 spiro atoms. The van der Waals surface area contributed by atoms with E-state index >= 15 is 0 Å². The van der Waals surface area contributed by atoms with E-state index in [2.05, 4.69) is 133 Å². The minimum atomic E-state index is 1.08. The van der Waals surface area contributed by atoms with Gasteiger partial charge in [-0.05, 0) is 80.2 Å². The highest BCUT2D eigenvalue weighted by Gasteiger charge is 2.06. The smallest absolute Gasteiger partial charge is 0.0384 e. The molecule has 0 atom stereocenters. The Bertz CT molecular complexity index is 1550. The van der Waals surface area contributed by atoms with Crippen molar-refractivity contribution in [1.29, 1.82) is 0 Å². The summed E-state index contributed by atoms with van der Waals surface area (Å²) in [5.41, 5.74) is 7.10. The molecule has 0 radical (unpaired) electrons. The molecule has 0 aliphatic heterocycles. The molecule has 0 bridgehead atoms. The lowest BCUT2D eigenvalue weighted by molar-refractivity contribution is 1.54. The molecule has 6 aromatic carbocycles. The second-order valence-electron chi connectivity index (χ2n) is 8.37. The molecule has 0 aromatic heterocycles. The lowest BCUT2D eigenvalue weighted by Crippen LogP contribution is -1.90. The SMILES string of the molecule is c1ccc(-c2ccc(Nc3ccc(-c4cccc5cc6ccccc6cc45)cc3)cc2)cc1. The van der Waals surface area contributed by atoms with Gasteiger partial charge in [-0.15, -0.1) is 0 Å². The molecular weight excluding hydrogens is 398 g/mol. The van der Waals surface area contributed by atoms with Crippen LogP contribution in [0.15, 0.2) is 133 Å². The molecule has 33 heavy (non-hydrogen) atoms. The van der Waals surface area contributed by atoms with Crippen molar-refractivity contribution in [2.45, 2.75) is 0 Å². The Hall–Kier alpha value is -4.36. The van der Waals surface area contributed by atoms with Crippen molar-refractivity contribution in [3.05, 3.63) is 133 Å². The molecule has 0 heterocycles. The molecule has 0 saturated heterocycles. The molecule has 0 fully saturated rings. The summed E-state index contributed by atoms with van der Waals surface area (Å²) in [4.78, 5) is 0. The highest BCUT2D eigenvalue weighted by atomic mass is 14.9. The van der Waals surface area contributed by atoms with E-state index < -0.39 is 0 Å². The first kappa shape index (κ1) is 19.3. The van der Waals surface area contributed by atoms with E-state index in [9.17, 15) is 0 Å². The lowest BCUT2D eigenvalue weighted by atomic mass is 9.95. The number of fused-ring (bicyclic) bond motifs is 2. The van der Waals surface area contributed by atoms with Crippen molar-refractivity contribution in [3.63, 3.8) is 0 Å². The first-order chi connectivity index (χ1) is 16.3. The van der Waals surface area contributed by atoms with E-state index in [1.807, 2.05) is 6.07 Å². The van der Waals surface area contributed by atoms with Crippen LogP contribution >= 0.6 is 0 Å². The van der Waals surface area contributed by atoms with Crippen LogP contribution < -0.4 is 5.32 Å². The van der Waals surface area contributed by atoms with Gasteiger partial charge in [0.15, 0.2) is 0 Å². The van der Waals surface area contributed by atoms with Crippen molar-refractivity contribution in [1.82, 2.24) is 0 Å². The summed E-state index contributed by atoms with van der Waals surface area (Å²) in [5, 5.41) is 8.63. The van der Waals surface area contributed by atoms with Gasteiger partial charge in [0, 0.05) is 11.4 Å². The average Bonchev–Trinajstić information content (AvgIpc) is 2.89. The predicted octanol–water partition coefficient (Wildman–Crippen LogP) is 9.07. The zero-order valence-electron chi connectivity index (χ0n) is 18.2. The van der Waals surface area contributed by atoms with Crippen LogP contribution in [0.25, 0.3) is 43.8 Å². The quantitative estimate of drug-likeness (QED) is 0.280. The molecule has 1 heteroatoms. The first-order valence-corrected chi connectivity index (χ1v) is 11.3. The molecule has 6 aromatic rings. The van der Waals surface area contributed by atoms with Crippen LogP contribution in [-0.4, -0.2) is 0 Å². The Morgan fingerprint density at radius 3 is 1.61 bits per heavy atom. The molecule has 0 amide bonds. The van der Waals surface area contributed by atoms with Crippen LogP contribution in [-0.2, 0) is 0 Å². The van der Waals surface area contributed by atoms with Gasteiger partial charge in [0.25, 0.3) is 0 Å². The Labute approximate surface area is 194 Å². The summed E-state index contributed by atoms with van der Waals surface area (Å²) >= 11 is 0. The van der Waals surface area contributed by atoms with Gasteiger partial charge < -0.3 is 5.32 Å². The van der Waals surface area contributed by atoms with Crippen LogP contribution in [0, 0.1) is 0 Å². The number of benzene rings is 6. The predicted molar refractivity (Wildman–Crippen MR) is 142 cm³/mol. The molecule has 156 valence electrons. The largest absolute Gasteiger partial charge is 0.356 e. The van der Waals surface area contributed by atoms with Gasteiger partial charge in [0.05, 0.1) is 0 Å². The van der Waals surface area contributed by atoms with E-state index in [4.69, 9.17) is 0 Å². The van der Waals surface area contributed by atoms with Crippen LogP contribution in [0.4, 0.5) is 11.4 Å². The summed E-state index contributed by atoms with van der Waals surface area (Å²) in [7, 11) is 0. The first-order valence-electron chi connectivity index (χ1n) is 11.3. The third-order valence-electron chi connectivity index (χ3n) is 6.22. The number of rotatable bonds is 4. The number of hydrogen-bond acceptors (Lipinski definition) is 1. The normalized spacial score (nSPS) is 11.0. The van der Waals surface area contributed by atoms with E-state index in [-0.39, 0.29) is 0 Å². The van der Waals surface area contributed by atoms with Crippen molar-refractivity contribution in [2.75, 3.05) is 5.32 Å². The summed E-state index contributed by atoms with van der Waals surface area (Å²) in [5.74, 6) is 0. The molecule has 0 aliphatic rings. The van der Waals surface area contributed by atoms with Crippen molar-refractivity contribution in [3.8, 4) is 22.3 Å². The van der Waals surface area contributed by atoms with Crippen LogP contribution in [0.3, 0.4) is 0 Å². The second-order valence-corrected chi connectivity index (χ2v) is 8.37. The van der Waals surface area contributed by atoms with E-state index in [1.165, 1.54) is 43.8 Å². The minimum Gasteiger partial charge on any atom is -0.356 e. The Morgan fingerprint density at radius 2 is 0.909 bits per heavy atom. The minimum absolute atomic E-state index is 1.08. The molecule has 1 N–H and O–H groups in total. The van der Waals surface area contributed by atoms with Crippen LogP contribution in [0.2, 0.25) is 0 Å². The van der Waals surface area contributed by atoms with Crippen LogP contribution in [0.5, 0.6) is 0 Å². The van der Waals surface area contributed by atoms with E-state index in [1.54, 1.807) is 0 Å². The third kappa shape index (κ3) is 3.86.